The zero-order chi connectivity index (χ0) is 18.6. The number of nitrogens with zero attached hydrogens (tertiary/aromatic N) is 2. The largest absolute Gasteiger partial charge is 0.378 e. The van der Waals surface area contributed by atoms with E-state index in [9.17, 15) is 4.79 Å². The van der Waals surface area contributed by atoms with E-state index in [1.807, 2.05) is 49.4 Å². The number of ether oxygens (including phenoxy) is 1. The molecule has 2 aromatic carbocycles. The lowest BCUT2D eigenvalue weighted by molar-refractivity contribution is -0.115. The van der Waals surface area contributed by atoms with Gasteiger partial charge in [-0.05, 0) is 54.6 Å². The molecule has 6 heteroatoms. The molecule has 1 amide bonds. The van der Waals surface area contributed by atoms with Gasteiger partial charge in [0.25, 0.3) is 5.91 Å². The van der Waals surface area contributed by atoms with E-state index < -0.39 is 0 Å². The second-order valence-corrected chi connectivity index (χ2v) is 7.54. The number of hydrogen-bond donors (Lipinski definition) is 1. The molecule has 2 aliphatic heterocycles. The molecule has 0 saturated carbocycles. The third kappa shape index (κ3) is 4.40. The summed E-state index contributed by atoms with van der Waals surface area (Å²) >= 11 is 1.37. The summed E-state index contributed by atoms with van der Waals surface area (Å²) in [5, 5.41) is 3.45. The third-order valence-electron chi connectivity index (χ3n) is 4.48. The lowest BCUT2D eigenvalue weighted by atomic mass is 10.1. The van der Waals surface area contributed by atoms with Gasteiger partial charge in [-0.2, -0.15) is 0 Å². The molecule has 2 fully saturated rings. The van der Waals surface area contributed by atoms with Crippen LogP contribution in [0.2, 0.25) is 0 Å². The van der Waals surface area contributed by atoms with Crippen LogP contribution in [-0.2, 0) is 9.53 Å². The van der Waals surface area contributed by atoms with Gasteiger partial charge in [0, 0.05) is 18.8 Å². The SMILES string of the molecule is Cc1ccc(N=C2NC(=O)/C(=C/c3ccc(N4CCOCC4)cc3)S2)cc1. The maximum Gasteiger partial charge on any atom is 0.264 e. The van der Waals surface area contributed by atoms with Gasteiger partial charge < -0.3 is 15.0 Å². The second-order valence-electron chi connectivity index (χ2n) is 6.51. The minimum Gasteiger partial charge on any atom is -0.378 e. The van der Waals surface area contributed by atoms with Crippen LogP contribution in [0.3, 0.4) is 0 Å². The minimum absolute atomic E-state index is 0.108. The molecule has 0 radical (unpaired) electrons. The van der Waals surface area contributed by atoms with Gasteiger partial charge >= 0.3 is 0 Å². The predicted molar refractivity (Wildman–Crippen MR) is 111 cm³/mol. The maximum atomic E-state index is 12.2. The van der Waals surface area contributed by atoms with E-state index in [2.05, 4.69) is 27.3 Å². The molecule has 1 N–H and O–H groups in total. The number of carbonyl (C=O) groups excluding carboxylic acids is 1. The van der Waals surface area contributed by atoms with E-state index in [0.29, 0.717) is 10.1 Å². The fourth-order valence-corrected chi connectivity index (χ4v) is 3.81. The van der Waals surface area contributed by atoms with Crippen LogP contribution >= 0.6 is 11.8 Å². The molecule has 0 aromatic heterocycles. The van der Waals surface area contributed by atoms with Crippen molar-refractivity contribution in [1.29, 1.82) is 0 Å². The topological polar surface area (TPSA) is 53.9 Å². The smallest absolute Gasteiger partial charge is 0.264 e. The Labute approximate surface area is 163 Å². The number of nitrogens with one attached hydrogen (secondary N) is 1. The highest BCUT2D eigenvalue weighted by molar-refractivity contribution is 8.18. The molecule has 2 heterocycles. The quantitative estimate of drug-likeness (QED) is 0.826. The molecular weight excluding hydrogens is 358 g/mol. The van der Waals surface area contributed by atoms with Gasteiger partial charge in [-0.15, -0.1) is 0 Å². The first-order valence-electron chi connectivity index (χ1n) is 8.96. The van der Waals surface area contributed by atoms with Crippen molar-refractivity contribution in [2.24, 2.45) is 4.99 Å². The van der Waals surface area contributed by atoms with Crippen molar-refractivity contribution in [2.75, 3.05) is 31.2 Å². The van der Waals surface area contributed by atoms with Gasteiger partial charge in [0.05, 0.1) is 23.8 Å². The number of aliphatic imine (C=N–C) groups is 1. The summed E-state index contributed by atoms with van der Waals surface area (Å²) in [4.78, 5) is 19.7. The van der Waals surface area contributed by atoms with Gasteiger partial charge in [0.2, 0.25) is 0 Å². The Hall–Kier alpha value is -2.57. The van der Waals surface area contributed by atoms with E-state index in [4.69, 9.17) is 4.74 Å². The number of thioether (sulfide) groups is 1. The Balaban J connectivity index is 1.47. The van der Waals surface area contributed by atoms with Gasteiger partial charge in [0.1, 0.15) is 0 Å². The van der Waals surface area contributed by atoms with Gasteiger partial charge in [0.15, 0.2) is 5.17 Å². The molecule has 2 saturated heterocycles. The molecule has 4 rings (SSSR count). The third-order valence-corrected chi connectivity index (χ3v) is 5.39. The Bertz CT molecular complexity index is 883. The molecule has 0 aliphatic carbocycles. The molecule has 2 aromatic rings. The Morgan fingerprint density at radius 2 is 1.78 bits per heavy atom. The summed E-state index contributed by atoms with van der Waals surface area (Å²) in [6.07, 6.45) is 1.90. The molecule has 0 bridgehead atoms. The highest BCUT2D eigenvalue weighted by atomic mass is 32.2. The number of carbonyl (C=O) groups is 1. The number of anilines is 1. The van der Waals surface area contributed by atoms with Crippen molar-refractivity contribution in [3.63, 3.8) is 0 Å². The van der Waals surface area contributed by atoms with Crippen LogP contribution in [-0.4, -0.2) is 37.4 Å². The van der Waals surface area contributed by atoms with Crippen LogP contribution < -0.4 is 10.2 Å². The number of aryl methyl sites for hydroxylation is 1. The number of amidine groups is 1. The molecule has 5 nitrogen and oxygen atoms in total. The predicted octanol–water partition coefficient (Wildman–Crippen LogP) is 3.72. The Morgan fingerprint density at radius 3 is 2.48 bits per heavy atom. The monoisotopic (exact) mass is 379 g/mol. The Kier molecular flexibility index (Phi) is 5.27. The Morgan fingerprint density at radius 1 is 1.07 bits per heavy atom. The van der Waals surface area contributed by atoms with Gasteiger partial charge in [-0.1, -0.05) is 29.8 Å². The average Bonchev–Trinajstić information content (AvgIpc) is 3.04. The molecular formula is C21H21N3O2S. The number of benzene rings is 2. The zero-order valence-electron chi connectivity index (χ0n) is 15.1. The van der Waals surface area contributed by atoms with Crippen molar-refractivity contribution >= 4 is 40.3 Å². The molecule has 138 valence electrons. The first-order valence-corrected chi connectivity index (χ1v) is 9.78. The maximum absolute atomic E-state index is 12.2. The first kappa shape index (κ1) is 17.8. The number of hydrogen-bond acceptors (Lipinski definition) is 5. The van der Waals surface area contributed by atoms with Crippen molar-refractivity contribution in [3.8, 4) is 0 Å². The van der Waals surface area contributed by atoms with Crippen molar-refractivity contribution in [2.45, 2.75) is 6.92 Å². The molecule has 0 unspecified atom stereocenters. The summed E-state index contributed by atoms with van der Waals surface area (Å²) in [6, 6.07) is 16.2. The summed E-state index contributed by atoms with van der Waals surface area (Å²) < 4.78 is 5.39. The first-order chi connectivity index (χ1) is 13.2. The van der Waals surface area contributed by atoms with Crippen molar-refractivity contribution < 1.29 is 9.53 Å². The zero-order valence-corrected chi connectivity index (χ0v) is 16.0. The molecule has 0 atom stereocenters. The van der Waals surface area contributed by atoms with Crippen molar-refractivity contribution in [1.82, 2.24) is 5.32 Å². The highest BCUT2D eigenvalue weighted by Gasteiger charge is 2.23. The average molecular weight is 379 g/mol. The summed E-state index contributed by atoms with van der Waals surface area (Å²) in [5.41, 5.74) is 4.20. The number of morpholine rings is 1. The van der Waals surface area contributed by atoms with E-state index in [1.54, 1.807) is 0 Å². The normalized spacial score (nSPS) is 20.3. The van der Waals surface area contributed by atoms with E-state index >= 15 is 0 Å². The fraction of sp³-hybridized carbons (Fsp3) is 0.238. The van der Waals surface area contributed by atoms with Crippen LogP contribution in [0.1, 0.15) is 11.1 Å². The number of rotatable bonds is 3. The molecule has 27 heavy (non-hydrogen) atoms. The highest BCUT2D eigenvalue weighted by Crippen LogP contribution is 2.28. The van der Waals surface area contributed by atoms with Gasteiger partial charge in [-0.25, -0.2) is 4.99 Å². The second kappa shape index (κ2) is 7.98. The van der Waals surface area contributed by atoms with Crippen LogP contribution in [0, 0.1) is 6.92 Å². The molecule has 2 aliphatic rings. The lowest BCUT2D eigenvalue weighted by Gasteiger charge is -2.28. The standard InChI is InChI=1S/C21H21N3O2S/c1-15-2-6-17(7-3-15)22-21-23-20(25)19(27-21)14-16-4-8-18(9-5-16)24-10-12-26-13-11-24/h2-9,14H,10-13H2,1H3,(H,22,23,25)/b19-14-. The van der Waals surface area contributed by atoms with E-state index in [-0.39, 0.29) is 5.91 Å². The summed E-state index contributed by atoms with van der Waals surface area (Å²) in [6.45, 7) is 5.40. The minimum atomic E-state index is -0.108. The summed E-state index contributed by atoms with van der Waals surface area (Å²) in [5.74, 6) is -0.108. The lowest BCUT2D eigenvalue weighted by Crippen LogP contribution is -2.36. The summed E-state index contributed by atoms with van der Waals surface area (Å²) in [7, 11) is 0. The molecule has 0 spiro atoms. The van der Waals surface area contributed by atoms with Gasteiger partial charge in [-0.3, -0.25) is 4.79 Å². The van der Waals surface area contributed by atoms with Crippen LogP contribution in [0.4, 0.5) is 11.4 Å². The van der Waals surface area contributed by atoms with Crippen LogP contribution in [0.15, 0.2) is 58.4 Å². The number of amides is 1. The van der Waals surface area contributed by atoms with E-state index in [1.165, 1.54) is 23.0 Å². The van der Waals surface area contributed by atoms with Crippen molar-refractivity contribution in [3.05, 3.63) is 64.6 Å². The van der Waals surface area contributed by atoms with Crippen LogP contribution in [0.25, 0.3) is 6.08 Å². The van der Waals surface area contributed by atoms with Crippen LogP contribution in [0.5, 0.6) is 0 Å². The van der Waals surface area contributed by atoms with E-state index in [0.717, 1.165) is 37.6 Å². The fourth-order valence-electron chi connectivity index (χ4n) is 2.97.